The highest BCUT2D eigenvalue weighted by atomic mass is 19.1. The Kier molecular flexibility index (Phi) is 2.01. The maximum Gasteiger partial charge on any atom is 0.197 e. The lowest BCUT2D eigenvalue weighted by molar-refractivity contribution is 0.629. The fraction of sp³-hybridized carbons (Fsp3) is 0.0714. The summed E-state index contributed by atoms with van der Waals surface area (Å²) in [5.41, 5.74) is 2.24. The first-order valence-electron chi connectivity index (χ1n) is 5.37. The molecule has 3 heteroatoms. The van der Waals surface area contributed by atoms with Crippen molar-refractivity contribution in [3.63, 3.8) is 0 Å². The number of rotatable bonds is 0. The van der Waals surface area contributed by atoms with Gasteiger partial charge in [0, 0.05) is 16.3 Å². The molecule has 1 N–H and O–H groups in total. The molecule has 1 aromatic heterocycles. The Morgan fingerprint density at radius 1 is 1.00 bits per heavy atom. The van der Waals surface area contributed by atoms with E-state index in [0.29, 0.717) is 16.3 Å². The number of pyridine rings is 1. The predicted octanol–water partition coefficient (Wildman–Crippen LogP) is 3.13. The molecule has 0 amide bonds. The van der Waals surface area contributed by atoms with Crippen molar-refractivity contribution in [2.75, 3.05) is 0 Å². The molecular weight excluding hydrogens is 217 g/mol. The summed E-state index contributed by atoms with van der Waals surface area (Å²) in [5.74, 6) is -0.348. The summed E-state index contributed by atoms with van der Waals surface area (Å²) in [5, 5.41) is 1.16. The van der Waals surface area contributed by atoms with Gasteiger partial charge in [0.25, 0.3) is 0 Å². The smallest absolute Gasteiger partial charge is 0.197 e. The number of H-pyrrole nitrogens is 1. The molecule has 17 heavy (non-hydrogen) atoms. The van der Waals surface area contributed by atoms with Crippen LogP contribution in [-0.4, -0.2) is 4.98 Å². The molecule has 0 aliphatic heterocycles. The zero-order valence-corrected chi connectivity index (χ0v) is 9.25. The van der Waals surface area contributed by atoms with Gasteiger partial charge in [-0.15, -0.1) is 0 Å². The molecule has 1 heterocycles. The third-order valence-electron chi connectivity index (χ3n) is 2.92. The maximum atomic E-state index is 13.1. The summed E-state index contributed by atoms with van der Waals surface area (Å²) in [6.45, 7) is 1.94. The zero-order chi connectivity index (χ0) is 12.0. The molecular formula is C14H10FNO. The molecule has 0 saturated carbocycles. The number of halogens is 1. The van der Waals surface area contributed by atoms with Crippen LogP contribution >= 0.6 is 0 Å². The average molecular weight is 227 g/mol. The Hall–Kier alpha value is -2.16. The largest absolute Gasteiger partial charge is 0.354 e. The molecule has 3 aromatic rings. The molecule has 0 aliphatic rings. The van der Waals surface area contributed by atoms with Crippen molar-refractivity contribution in [1.82, 2.24) is 4.98 Å². The lowest BCUT2D eigenvalue weighted by Crippen LogP contribution is -2.04. The first-order chi connectivity index (χ1) is 8.15. The van der Waals surface area contributed by atoms with Crippen molar-refractivity contribution >= 4 is 21.8 Å². The Labute approximate surface area is 96.7 Å². The highest BCUT2D eigenvalue weighted by Gasteiger charge is 2.05. The minimum Gasteiger partial charge on any atom is -0.354 e. The Morgan fingerprint density at radius 2 is 1.82 bits per heavy atom. The van der Waals surface area contributed by atoms with Gasteiger partial charge in [-0.2, -0.15) is 0 Å². The topological polar surface area (TPSA) is 32.9 Å². The van der Waals surface area contributed by atoms with E-state index < -0.39 is 0 Å². The minimum atomic E-state index is -0.348. The van der Waals surface area contributed by atoms with Crippen LogP contribution in [0.5, 0.6) is 0 Å². The van der Waals surface area contributed by atoms with E-state index >= 15 is 0 Å². The van der Waals surface area contributed by atoms with E-state index in [9.17, 15) is 9.18 Å². The van der Waals surface area contributed by atoms with Crippen molar-refractivity contribution in [2.45, 2.75) is 6.92 Å². The fourth-order valence-electron chi connectivity index (χ4n) is 2.06. The summed E-state index contributed by atoms with van der Waals surface area (Å²) in [7, 11) is 0. The molecule has 0 unspecified atom stereocenters. The second kappa shape index (κ2) is 3.42. The Balaban J connectivity index is 2.57. The molecule has 2 nitrogen and oxygen atoms in total. The van der Waals surface area contributed by atoms with Crippen LogP contribution in [0.2, 0.25) is 0 Å². The van der Waals surface area contributed by atoms with E-state index in [1.807, 2.05) is 25.1 Å². The van der Waals surface area contributed by atoms with Crippen LogP contribution in [0.3, 0.4) is 0 Å². The van der Waals surface area contributed by atoms with Gasteiger partial charge < -0.3 is 4.98 Å². The van der Waals surface area contributed by atoms with Crippen LogP contribution in [0, 0.1) is 12.7 Å². The number of aromatic nitrogens is 1. The van der Waals surface area contributed by atoms with Gasteiger partial charge >= 0.3 is 0 Å². The van der Waals surface area contributed by atoms with E-state index in [1.165, 1.54) is 18.2 Å². The van der Waals surface area contributed by atoms with Gasteiger partial charge in [-0.05, 0) is 37.3 Å². The van der Waals surface area contributed by atoms with Crippen molar-refractivity contribution in [3.8, 4) is 0 Å². The van der Waals surface area contributed by atoms with E-state index in [2.05, 4.69) is 4.98 Å². The van der Waals surface area contributed by atoms with E-state index in [0.717, 1.165) is 11.1 Å². The van der Waals surface area contributed by atoms with Crippen LogP contribution in [-0.2, 0) is 0 Å². The second-order valence-corrected chi connectivity index (χ2v) is 4.19. The quantitative estimate of drug-likeness (QED) is 0.588. The molecule has 0 saturated heterocycles. The highest BCUT2D eigenvalue weighted by molar-refractivity contribution is 5.92. The molecule has 0 atom stereocenters. The highest BCUT2D eigenvalue weighted by Crippen LogP contribution is 2.16. The van der Waals surface area contributed by atoms with E-state index in [-0.39, 0.29) is 11.2 Å². The van der Waals surface area contributed by atoms with Crippen molar-refractivity contribution in [1.29, 1.82) is 0 Å². The second-order valence-electron chi connectivity index (χ2n) is 4.19. The van der Waals surface area contributed by atoms with Gasteiger partial charge in [0.05, 0.1) is 5.52 Å². The normalized spacial score (nSPS) is 11.2. The molecule has 0 radical (unpaired) electrons. The number of aryl methyl sites for hydroxylation is 1. The minimum absolute atomic E-state index is 0.0579. The Morgan fingerprint density at radius 3 is 2.65 bits per heavy atom. The van der Waals surface area contributed by atoms with Crippen LogP contribution in [0.25, 0.3) is 21.8 Å². The monoisotopic (exact) mass is 227 g/mol. The lowest BCUT2D eigenvalue weighted by atomic mass is 10.1. The molecule has 84 valence electrons. The van der Waals surface area contributed by atoms with E-state index in [4.69, 9.17) is 0 Å². The standard InChI is InChI=1S/C14H10FNO/c1-8-2-5-12-11(6-8)14(17)10-4-3-9(15)7-13(10)16-12/h2-7H,1H3,(H,16,17). The van der Waals surface area contributed by atoms with Crippen LogP contribution in [0.1, 0.15) is 5.56 Å². The molecule has 0 bridgehead atoms. The van der Waals surface area contributed by atoms with Crippen LogP contribution in [0.15, 0.2) is 41.2 Å². The summed E-state index contributed by atoms with van der Waals surface area (Å²) in [6, 6.07) is 9.78. The molecule has 0 aliphatic carbocycles. The number of fused-ring (bicyclic) bond motifs is 2. The lowest BCUT2D eigenvalue weighted by Gasteiger charge is -2.03. The van der Waals surface area contributed by atoms with Gasteiger partial charge in [-0.3, -0.25) is 4.79 Å². The number of hydrogen-bond donors (Lipinski definition) is 1. The third-order valence-corrected chi connectivity index (χ3v) is 2.92. The van der Waals surface area contributed by atoms with Gasteiger partial charge in [-0.25, -0.2) is 4.39 Å². The average Bonchev–Trinajstić information content (AvgIpc) is 2.30. The van der Waals surface area contributed by atoms with Crippen molar-refractivity contribution in [3.05, 3.63) is 58.0 Å². The van der Waals surface area contributed by atoms with Crippen LogP contribution < -0.4 is 5.43 Å². The predicted molar refractivity (Wildman–Crippen MR) is 66.8 cm³/mol. The fourth-order valence-corrected chi connectivity index (χ4v) is 2.06. The molecule has 0 spiro atoms. The summed E-state index contributed by atoms with van der Waals surface area (Å²) >= 11 is 0. The van der Waals surface area contributed by atoms with E-state index in [1.54, 1.807) is 0 Å². The molecule has 0 fully saturated rings. The summed E-state index contributed by atoms with van der Waals surface area (Å²) in [4.78, 5) is 15.3. The molecule has 2 aromatic carbocycles. The summed E-state index contributed by atoms with van der Waals surface area (Å²) < 4.78 is 13.1. The van der Waals surface area contributed by atoms with Crippen molar-refractivity contribution in [2.24, 2.45) is 0 Å². The number of nitrogens with one attached hydrogen (secondary N) is 1. The van der Waals surface area contributed by atoms with Gasteiger partial charge in [0.2, 0.25) is 0 Å². The maximum absolute atomic E-state index is 13.1. The van der Waals surface area contributed by atoms with Crippen molar-refractivity contribution < 1.29 is 4.39 Å². The number of benzene rings is 2. The van der Waals surface area contributed by atoms with Gasteiger partial charge in [0.15, 0.2) is 5.43 Å². The number of aromatic amines is 1. The molecule has 3 rings (SSSR count). The Bertz CT molecular complexity index is 789. The SMILES string of the molecule is Cc1ccc2[nH]c3cc(F)ccc3c(=O)c2c1. The van der Waals surface area contributed by atoms with Crippen LogP contribution in [0.4, 0.5) is 4.39 Å². The zero-order valence-electron chi connectivity index (χ0n) is 9.25. The first kappa shape index (κ1) is 10.0. The third kappa shape index (κ3) is 1.51. The first-order valence-corrected chi connectivity index (χ1v) is 5.37. The number of hydrogen-bond acceptors (Lipinski definition) is 1. The summed E-state index contributed by atoms with van der Waals surface area (Å²) in [6.07, 6.45) is 0. The van der Waals surface area contributed by atoms with Gasteiger partial charge in [0.1, 0.15) is 5.82 Å². The van der Waals surface area contributed by atoms with Gasteiger partial charge in [-0.1, -0.05) is 11.6 Å².